The van der Waals surface area contributed by atoms with Gasteiger partial charge in [0.1, 0.15) is 17.3 Å². The maximum atomic E-state index is 12.9. The number of halogens is 3. The lowest BCUT2D eigenvalue weighted by Crippen LogP contribution is -2.42. The van der Waals surface area contributed by atoms with Gasteiger partial charge >= 0.3 is 0 Å². The summed E-state index contributed by atoms with van der Waals surface area (Å²) in [7, 11) is 2.00. The summed E-state index contributed by atoms with van der Waals surface area (Å²) >= 11 is 15.9. The zero-order valence-corrected chi connectivity index (χ0v) is 39.6. The Morgan fingerprint density at radius 3 is 1.51 bits per heavy atom. The second-order valence-corrected chi connectivity index (χ2v) is 17.3. The van der Waals surface area contributed by atoms with Crippen LogP contribution in [-0.4, -0.2) is 57.2 Å². The first-order valence-corrected chi connectivity index (χ1v) is 22.5. The van der Waals surface area contributed by atoms with E-state index in [1.165, 1.54) is 0 Å². The number of ketones is 2. The van der Waals surface area contributed by atoms with Crippen molar-refractivity contribution >= 4 is 73.5 Å². The number of aromatic nitrogens is 2. The highest BCUT2D eigenvalue weighted by Gasteiger charge is 2.23. The summed E-state index contributed by atoms with van der Waals surface area (Å²) in [6, 6.07) is 32.2. The number of carbonyl (C=O) groups excluding carboxylic acids is 4. The standard InChI is InChI=1S/C29H30ClN3O3.C21H23BrClNO3/c1-5-26(34)24(32-29(35)21-14-15-27(22(30)17-21)36-18(2)3)16-19-10-12-20(13-11-19)28-31-23-8-6-7-9-25(23)33(28)4;1-4-19(25)18(11-14-5-8-16(22)9-6-14)24-21(26)15-7-10-20(17(23)12-15)27-13(2)3/h6-15,17-18,24H,5,16H2,1-4H3,(H,32,35);5-10,12-13,18H,4,11H2,1-3H3,(H,24,26). The van der Waals surface area contributed by atoms with Gasteiger partial charge in [-0.15, -0.1) is 0 Å². The predicted molar refractivity (Wildman–Crippen MR) is 255 cm³/mol. The molecule has 13 heteroatoms. The van der Waals surface area contributed by atoms with E-state index < -0.39 is 12.1 Å². The molecule has 1 aromatic heterocycles. The number of fused-ring (bicyclic) bond motifs is 1. The van der Waals surface area contributed by atoms with Crippen LogP contribution in [0.3, 0.4) is 0 Å². The number of ether oxygens (including phenoxy) is 2. The van der Waals surface area contributed by atoms with Crippen molar-refractivity contribution in [1.29, 1.82) is 0 Å². The number of nitrogens with zero attached hydrogens (tertiary/aromatic N) is 2. The highest BCUT2D eigenvalue weighted by atomic mass is 79.9. The van der Waals surface area contributed by atoms with E-state index in [0.717, 1.165) is 38.0 Å². The summed E-state index contributed by atoms with van der Waals surface area (Å²) < 4.78 is 14.3. The molecule has 0 aliphatic rings. The van der Waals surface area contributed by atoms with Gasteiger partial charge in [-0.1, -0.05) is 102 Å². The second-order valence-electron chi connectivity index (χ2n) is 15.5. The van der Waals surface area contributed by atoms with E-state index in [9.17, 15) is 19.2 Å². The fraction of sp³-hybridized carbons (Fsp3) is 0.300. The van der Waals surface area contributed by atoms with E-state index in [-0.39, 0.29) is 35.6 Å². The number of hydrogen-bond donors (Lipinski definition) is 2. The quantitative estimate of drug-likeness (QED) is 0.0931. The molecule has 330 valence electrons. The normalized spacial score (nSPS) is 12.0. The van der Waals surface area contributed by atoms with Crippen LogP contribution < -0.4 is 20.1 Å². The third kappa shape index (κ3) is 13.5. The molecule has 2 amide bonds. The van der Waals surface area contributed by atoms with Crippen molar-refractivity contribution in [3.05, 3.63) is 146 Å². The Morgan fingerprint density at radius 1 is 0.651 bits per heavy atom. The first-order valence-electron chi connectivity index (χ1n) is 20.9. The van der Waals surface area contributed by atoms with Crippen molar-refractivity contribution < 1.29 is 28.7 Å². The molecule has 2 atom stereocenters. The number of Topliss-reactive ketones (excluding diaryl/α,β-unsaturated/α-hetero) is 2. The Hall–Kier alpha value is -5.49. The Bertz CT molecular complexity index is 2540. The van der Waals surface area contributed by atoms with Crippen LogP contribution in [0.15, 0.2) is 114 Å². The maximum absolute atomic E-state index is 12.9. The molecule has 0 saturated heterocycles. The first kappa shape index (κ1) is 48.5. The fourth-order valence-corrected chi connectivity index (χ4v) is 7.45. The highest BCUT2D eigenvalue weighted by Crippen LogP contribution is 2.28. The van der Waals surface area contributed by atoms with Gasteiger partial charge in [0.25, 0.3) is 11.8 Å². The Morgan fingerprint density at radius 2 is 1.10 bits per heavy atom. The van der Waals surface area contributed by atoms with Gasteiger partial charge in [0.15, 0.2) is 11.6 Å². The second kappa shape index (κ2) is 22.7. The largest absolute Gasteiger partial charge is 0.489 e. The average molecular weight is 957 g/mol. The molecule has 6 aromatic rings. The molecule has 0 saturated carbocycles. The van der Waals surface area contributed by atoms with Gasteiger partial charge in [-0.25, -0.2) is 4.98 Å². The van der Waals surface area contributed by atoms with Gasteiger partial charge in [-0.3, -0.25) is 19.2 Å². The molecular weight excluding hydrogens is 903 g/mol. The first-order chi connectivity index (χ1) is 30.1. The summed E-state index contributed by atoms with van der Waals surface area (Å²) in [4.78, 5) is 55.3. The zero-order chi connectivity index (χ0) is 45.8. The Kier molecular flexibility index (Phi) is 17.5. The molecule has 0 spiro atoms. The predicted octanol–water partition coefficient (Wildman–Crippen LogP) is 11.2. The van der Waals surface area contributed by atoms with Crippen LogP contribution in [0.4, 0.5) is 0 Å². The van der Waals surface area contributed by atoms with Gasteiger partial charge < -0.3 is 24.7 Å². The molecule has 0 radical (unpaired) electrons. The lowest BCUT2D eigenvalue weighted by atomic mass is 9.99. The van der Waals surface area contributed by atoms with Crippen molar-refractivity contribution in [3.63, 3.8) is 0 Å². The molecular formula is C50H53BrCl2N4O6. The molecule has 6 rings (SSSR count). The molecule has 1 heterocycles. The topological polar surface area (TPSA) is 129 Å². The number of carbonyl (C=O) groups is 4. The summed E-state index contributed by atoms with van der Waals surface area (Å²) in [6.07, 6.45) is 1.46. The van der Waals surface area contributed by atoms with Gasteiger partial charge in [0.2, 0.25) is 0 Å². The minimum atomic E-state index is -0.644. The average Bonchev–Trinajstić information content (AvgIpc) is 3.60. The molecule has 5 aromatic carbocycles. The lowest BCUT2D eigenvalue weighted by molar-refractivity contribution is -0.121. The van der Waals surface area contributed by atoms with E-state index in [1.54, 1.807) is 50.2 Å². The van der Waals surface area contributed by atoms with Gasteiger partial charge in [0.05, 0.1) is 45.4 Å². The van der Waals surface area contributed by atoms with Crippen molar-refractivity contribution in [1.82, 2.24) is 20.2 Å². The zero-order valence-electron chi connectivity index (χ0n) is 36.5. The number of nitrogens with one attached hydrogen (secondary N) is 2. The number of hydrogen-bond acceptors (Lipinski definition) is 7. The van der Waals surface area contributed by atoms with Crippen LogP contribution >= 0.6 is 39.1 Å². The lowest BCUT2D eigenvalue weighted by Gasteiger charge is -2.18. The minimum absolute atomic E-state index is 0.0142. The van der Waals surface area contributed by atoms with E-state index in [0.29, 0.717) is 58.4 Å². The number of para-hydroxylation sites is 2. The van der Waals surface area contributed by atoms with Gasteiger partial charge in [0, 0.05) is 41.1 Å². The van der Waals surface area contributed by atoms with E-state index in [1.807, 2.05) is 108 Å². The molecule has 0 aliphatic heterocycles. The number of amides is 2. The van der Waals surface area contributed by atoms with Crippen LogP contribution in [0, 0.1) is 0 Å². The summed E-state index contributed by atoms with van der Waals surface area (Å²) in [5.41, 5.74) is 5.68. The number of benzene rings is 5. The Labute approximate surface area is 387 Å². The molecule has 2 N–H and O–H groups in total. The molecule has 10 nitrogen and oxygen atoms in total. The minimum Gasteiger partial charge on any atom is -0.489 e. The summed E-state index contributed by atoms with van der Waals surface area (Å²) in [5, 5.41) is 6.44. The summed E-state index contributed by atoms with van der Waals surface area (Å²) in [5.74, 6) is 1.18. The number of aryl methyl sites for hydroxylation is 1. The van der Waals surface area contributed by atoms with Crippen LogP contribution in [0.2, 0.25) is 10.0 Å². The van der Waals surface area contributed by atoms with Crippen LogP contribution in [0.5, 0.6) is 11.5 Å². The van der Waals surface area contributed by atoms with Gasteiger partial charge in [-0.2, -0.15) is 0 Å². The van der Waals surface area contributed by atoms with Crippen molar-refractivity contribution in [3.8, 4) is 22.9 Å². The Balaban J connectivity index is 0.000000248. The van der Waals surface area contributed by atoms with Crippen LogP contribution in [-0.2, 0) is 29.5 Å². The highest BCUT2D eigenvalue weighted by molar-refractivity contribution is 9.10. The van der Waals surface area contributed by atoms with E-state index in [2.05, 4.69) is 31.1 Å². The molecule has 0 bridgehead atoms. The fourth-order valence-electron chi connectivity index (χ4n) is 6.74. The van der Waals surface area contributed by atoms with E-state index >= 15 is 0 Å². The number of imidazole rings is 1. The molecule has 2 unspecified atom stereocenters. The maximum Gasteiger partial charge on any atom is 0.251 e. The third-order valence-corrected chi connectivity index (χ3v) is 11.1. The molecule has 63 heavy (non-hydrogen) atoms. The summed E-state index contributed by atoms with van der Waals surface area (Å²) in [6.45, 7) is 11.2. The van der Waals surface area contributed by atoms with Crippen LogP contribution in [0.25, 0.3) is 22.4 Å². The van der Waals surface area contributed by atoms with Crippen LogP contribution in [0.1, 0.15) is 86.2 Å². The smallest absolute Gasteiger partial charge is 0.251 e. The van der Waals surface area contributed by atoms with E-state index in [4.69, 9.17) is 37.7 Å². The third-order valence-electron chi connectivity index (χ3n) is 9.99. The van der Waals surface area contributed by atoms with Crippen molar-refractivity contribution in [2.45, 2.75) is 91.5 Å². The molecule has 0 aliphatic carbocycles. The monoisotopic (exact) mass is 954 g/mol. The van der Waals surface area contributed by atoms with Gasteiger partial charge in [-0.05, 0) is 112 Å². The molecule has 0 fully saturated rings. The van der Waals surface area contributed by atoms with Crippen molar-refractivity contribution in [2.24, 2.45) is 7.05 Å². The SMILES string of the molecule is CCC(=O)C(Cc1ccc(-c2nc3ccccc3n2C)cc1)NC(=O)c1ccc(OC(C)C)c(Cl)c1.CCC(=O)C(Cc1ccc(Br)cc1)NC(=O)c1ccc(OC(C)C)c(Cl)c1. The van der Waals surface area contributed by atoms with Crippen molar-refractivity contribution in [2.75, 3.05) is 0 Å². The number of rotatable bonds is 17.